The van der Waals surface area contributed by atoms with Crippen LogP contribution in [0.5, 0.6) is 0 Å². The second kappa shape index (κ2) is 3.57. The molecule has 1 saturated heterocycles. The highest BCUT2D eigenvalue weighted by atomic mass is 16.5. The van der Waals surface area contributed by atoms with Gasteiger partial charge in [-0.2, -0.15) is 4.98 Å². The third-order valence-electron chi connectivity index (χ3n) is 3.46. The molecule has 1 saturated carbocycles. The Bertz CT molecular complexity index is 409. The number of amides is 1. The molecule has 2 unspecified atom stereocenters. The molecule has 2 atom stereocenters. The predicted molar refractivity (Wildman–Crippen MR) is 56.0 cm³/mol. The van der Waals surface area contributed by atoms with Gasteiger partial charge in [-0.1, -0.05) is 12.1 Å². The summed E-state index contributed by atoms with van der Waals surface area (Å²) in [5.74, 6) is 1.80. The van der Waals surface area contributed by atoms with Gasteiger partial charge in [-0.15, -0.1) is 0 Å². The van der Waals surface area contributed by atoms with Crippen molar-refractivity contribution < 1.29 is 9.32 Å². The number of nitrogens with zero attached hydrogens (tertiary/aromatic N) is 3. The third-order valence-corrected chi connectivity index (χ3v) is 3.46. The molecule has 1 aromatic rings. The van der Waals surface area contributed by atoms with E-state index >= 15 is 0 Å². The quantitative estimate of drug-likeness (QED) is 0.758. The molecular formula is C11H15N3O2. The van der Waals surface area contributed by atoms with E-state index in [2.05, 4.69) is 17.1 Å². The normalized spacial score (nSPS) is 28.4. The lowest BCUT2D eigenvalue weighted by Crippen LogP contribution is -2.27. The maximum absolute atomic E-state index is 11.9. The average molecular weight is 221 g/mol. The maximum atomic E-state index is 11.9. The van der Waals surface area contributed by atoms with E-state index in [0.717, 1.165) is 32.4 Å². The van der Waals surface area contributed by atoms with Gasteiger partial charge in [-0.25, -0.2) is 0 Å². The van der Waals surface area contributed by atoms with E-state index in [1.165, 1.54) is 0 Å². The van der Waals surface area contributed by atoms with Crippen molar-refractivity contribution in [1.29, 1.82) is 0 Å². The van der Waals surface area contributed by atoms with Crippen molar-refractivity contribution in [3.63, 3.8) is 0 Å². The molecule has 2 fully saturated rings. The fourth-order valence-electron chi connectivity index (χ4n) is 2.21. The van der Waals surface area contributed by atoms with Crippen LogP contribution in [0.3, 0.4) is 0 Å². The fraction of sp³-hybridized carbons (Fsp3) is 0.727. The molecule has 1 aliphatic carbocycles. The van der Waals surface area contributed by atoms with Gasteiger partial charge in [-0.3, -0.25) is 4.79 Å². The van der Waals surface area contributed by atoms with Crippen molar-refractivity contribution in [1.82, 2.24) is 15.0 Å². The van der Waals surface area contributed by atoms with E-state index in [4.69, 9.17) is 4.52 Å². The van der Waals surface area contributed by atoms with Crippen LogP contribution in [-0.4, -0.2) is 34.0 Å². The minimum atomic E-state index is -0.107. The number of aromatic nitrogens is 2. The van der Waals surface area contributed by atoms with Gasteiger partial charge in [0, 0.05) is 19.0 Å². The summed E-state index contributed by atoms with van der Waals surface area (Å²) in [6, 6.07) is 0. The Labute approximate surface area is 93.8 Å². The summed E-state index contributed by atoms with van der Waals surface area (Å²) in [7, 11) is 0. The van der Waals surface area contributed by atoms with E-state index in [1.807, 2.05) is 0 Å². The molecule has 5 nitrogen and oxygen atoms in total. The second-order valence-electron chi connectivity index (χ2n) is 4.78. The largest absolute Gasteiger partial charge is 0.334 e. The number of carbonyl (C=O) groups excluding carboxylic acids is 1. The summed E-state index contributed by atoms with van der Waals surface area (Å²) in [6.45, 7) is 3.79. The first-order valence-corrected chi connectivity index (χ1v) is 5.88. The van der Waals surface area contributed by atoms with E-state index in [0.29, 0.717) is 17.7 Å². The topological polar surface area (TPSA) is 59.2 Å². The summed E-state index contributed by atoms with van der Waals surface area (Å²) < 4.78 is 5.04. The van der Waals surface area contributed by atoms with E-state index < -0.39 is 0 Å². The molecule has 2 aliphatic rings. The number of rotatable bonds is 2. The van der Waals surface area contributed by atoms with Crippen molar-refractivity contribution in [2.45, 2.75) is 32.1 Å². The van der Waals surface area contributed by atoms with Gasteiger partial charge in [0.1, 0.15) is 0 Å². The Hall–Kier alpha value is -1.39. The molecule has 3 rings (SSSR count). The highest BCUT2D eigenvalue weighted by Crippen LogP contribution is 2.45. The Morgan fingerprint density at radius 2 is 2.12 bits per heavy atom. The minimum absolute atomic E-state index is 0.107. The smallest absolute Gasteiger partial charge is 0.316 e. The highest BCUT2D eigenvalue weighted by Gasteiger charge is 2.39. The number of hydrogen-bond acceptors (Lipinski definition) is 4. The van der Waals surface area contributed by atoms with Crippen LogP contribution < -0.4 is 0 Å². The van der Waals surface area contributed by atoms with Crippen LogP contribution >= 0.6 is 0 Å². The van der Waals surface area contributed by atoms with Gasteiger partial charge in [0.15, 0.2) is 5.82 Å². The number of hydrogen-bond donors (Lipinski definition) is 0. The first kappa shape index (κ1) is 9.81. The molecule has 16 heavy (non-hydrogen) atoms. The van der Waals surface area contributed by atoms with Crippen molar-refractivity contribution in [3.05, 3.63) is 11.7 Å². The molecule has 86 valence electrons. The molecule has 0 radical (unpaired) electrons. The zero-order valence-electron chi connectivity index (χ0n) is 9.35. The van der Waals surface area contributed by atoms with Gasteiger partial charge in [0.2, 0.25) is 0 Å². The first-order valence-electron chi connectivity index (χ1n) is 5.88. The van der Waals surface area contributed by atoms with Gasteiger partial charge < -0.3 is 9.42 Å². The van der Waals surface area contributed by atoms with Crippen LogP contribution in [0.25, 0.3) is 0 Å². The van der Waals surface area contributed by atoms with Gasteiger partial charge in [-0.05, 0) is 25.2 Å². The minimum Gasteiger partial charge on any atom is -0.334 e. The van der Waals surface area contributed by atoms with Crippen LogP contribution in [0.15, 0.2) is 4.52 Å². The van der Waals surface area contributed by atoms with E-state index in [1.54, 1.807) is 4.90 Å². The first-order chi connectivity index (χ1) is 7.75. The molecule has 2 heterocycles. The maximum Gasteiger partial charge on any atom is 0.316 e. The molecule has 0 aromatic carbocycles. The molecular weight excluding hydrogens is 206 g/mol. The molecule has 5 heteroatoms. The number of likely N-dealkylation sites (tertiary alicyclic amines) is 1. The van der Waals surface area contributed by atoms with Crippen LogP contribution in [0.2, 0.25) is 0 Å². The zero-order valence-corrected chi connectivity index (χ0v) is 9.35. The Morgan fingerprint density at radius 3 is 2.75 bits per heavy atom. The van der Waals surface area contributed by atoms with Gasteiger partial charge >= 0.3 is 11.8 Å². The van der Waals surface area contributed by atoms with E-state index in [9.17, 15) is 4.79 Å². The molecule has 0 spiro atoms. The predicted octanol–water partition coefficient (Wildman–Crippen LogP) is 1.43. The summed E-state index contributed by atoms with van der Waals surface area (Å²) >= 11 is 0. The third kappa shape index (κ3) is 1.60. The highest BCUT2D eigenvalue weighted by molar-refractivity contribution is 5.89. The SMILES string of the molecule is CC1CC1c1noc(C(=O)N2CCCC2)n1. The lowest BCUT2D eigenvalue weighted by Gasteiger charge is -2.10. The lowest BCUT2D eigenvalue weighted by atomic mass is 10.3. The monoisotopic (exact) mass is 221 g/mol. The molecule has 1 amide bonds. The van der Waals surface area contributed by atoms with Crippen molar-refractivity contribution in [2.24, 2.45) is 5.92 Å². The second-order valence-corrected chi connectivity index (χ2v) is 4.78. The number of carbonyl (C=O) groups is 1. The van der Waals surface area contributed by atoms with Crippen molar-refractivity contribution in [2.75, 3.05) is 13.1 Å². The van der Waals surface area contributed by atoms with Gasteiger partial charge in [0.25, 0.3) is 0 Å². The Kier molecular flexibility index (Phi) is 2.19. The summed E-state index contributed by atoms with van der Waals surface area (Å²) in [5.41, 5.74) is 0. The van der Waals surface area contributed by atoms with Crippen LogP contribution in [-0.2, 0) is 0 Å². The van der Waals surface area contributed by atoms with Crippen molar-refractivity contribution >= 4 is 5.91 Å². The van der Waals surface area contributed by atoms with Crippen LogP contribution in [0.1, 0.15) is 48.6 Å². The molecule has 1 aromatic heterocycles. The summed E-state index contributed by atoms with van der Waals surface area (Å²) in [5, 5.41) is 3.89. The molecule has 0 bridgehead atoms. The van der Waals surface area contributed by atoms with Gasteiger partial charge in [0.05, 0.1) is 0 Å². The van der Waals surface area contributed by atoms with Crippen LogP contribution in [0.4, 0.5) is 0 Å². The van der Waals surface area contributed by atoms with Crippen LogP contribution in [0, 0.1) is 5.92 Å². The lowest BCUT2D eigenvalue weighted by molar-refractivity contribution is 0.0743. The molecule has 0 N–H and O–H groups in total. The fourth-order valence-corrected chi connectivity index (χ4v) is 2.21. The van der Waals surface area contributed by atoms with Crippen molar-refractivity contribution in [3.8, 4) is 0 Å². The Balaban J connectivity index is 1.73. The summed E-state index contributed by atoms with van der Waals surface area (Å²) in [6.07, 6.45) is 3.26. The average Bonchev–Trinajstić information content (AvgIpc) is 2.84. The molecule has 1 aliphatic heterocycles. The standard InChI is InChI=1S/C11H15N3O2/c1-7-6-8(7)9-12-10(16-13-9)11(15)14-4-2-3-5-14/h7-8H,2-6H2,1H3. The summed E-state index contributed by atoms with van der Waals surface area (Å²) in [4.78, 5) is 17.9. The Morgan fingerprint density at radius 1 is 1.44 bits per heavy atom. The zero-order chi connectivity index (χ0) is 11.1. The van der Waals surface area contributed by atoms with E-state index in [-0.39, 0.29) is 11.8 Å².